The maximum absolute atomic E-state index is 11.6. The van der Waals surface area contributed by atoms with Crippen molar-refractivity contribution in [3.8, 4) is 0 Å². The molecule has 1 aromatic rings. The third-order valence-corrected chi connectivity index (χ3v) is 2.21. The molecule has 0 aliphatic heterocycles. The number of aromatic nitrogens is 1. The van der Waals surface area contributed by atoms with Gasteiger partial charge in [-0.05, 0) is 19.1 Å². The number of carbonyl (C=O) groups excluding carboxylic acids is 1. The lowest BCUT2D eigenvalue weighted by molar-refractivity contribution is -0.121. The standard InChI is InChI=1S/C11H18N4O2/c1-8(11(16)14-6-7-17-2)15-9-4-3-5-13-10(9)12/h3-5,8,15H,6-7H2,1-2H3,(H2,12,13)(H,14,16). The molecule has 6 heteroatoms. The van der Waals surface area contributed by atoms with Crippen molar-refractivity contribution in [1.29, 1.82) is 0 Å². The molecule has 0 aliphatic rings. The molecule has 0 radical (unpaired) electrons. The average Bonchev–Trinajstić information content (AvgIpc) is 2.32. The Balaban J connectivity index is 2.46. The number of nitrogen functional groups attached to an aromatic ring is 1. The zero-order chi connectivity index (χ0) is 12.7. The summed E-state index contributed by atoms with van der Waals surface area (Å²) in [6.07, 6.45) is 1.60. The van der Waals surface area contributed by atoms with Crippen molar-refractivity contribution < 1.29 is 9.53 Å². The van der Waals surface area contributed by atoms with Gasteiger partial charge in [0.2, 0.25) is 5.91 Å². The number of amides is 1. The number of ether oxygens (including phenoxy) is 1. The highest BCUT2D eigenvalue weighted by atomic mass is 16.5. The van der Waals surface area contributed by atoms with E-state index in [-0.39, 0.29) is 11.9 Å². The second-order valence-corrected chi connectivity index (χ2v) is 3.59. The molecule has 0 spiro atoms. The number of carbonyl (C=O) groups is 1. The maximum atomic E-state index is 11.6. The van der Waals surface area contributed by atoms with Crippen molar-refractivity contribution in [3.05, 3.63) is 18.3 Å². The Morgan fingerprint density at radius 1 is 1.65 bits per heavy atom. The van der Waals surface area contributed by atoms with Crippen LogP contribution in [0.2, 0.25) is 0 Å². The van der Waals surface area contributed by atoms with Crippen molar-refractivity contribution in [2.45, 2.75) is 13.0 Å². The minimum absolute atomic E-state index is 0.106. The van der Waals surface area contributed by atoms with E-state index in [2.05, 4.69) is 15.6 Å². The van der Waals surface area contributed by atoms with Crippen LogP contribution in [0.3, 0.4) is 0 Å². The minimum atomic E-state index is -0.377. The third kappa shape index (κ3) is 4.28. The molecule has 1 unspecified atom stereocenters. The van der Waals surface area contributed by atoms with E-state index in [1.807, 2.05) is 0 Å². The van der Waals surface area contributed by atoms with Crippen LogP contribution < -0.4 is 16.4 Å². The fourth-order valence-electron chi connectivity index (χ4n) is 1.27. The number of rotatable bonds is 6. The Morgan fingerprint density at radius 3 is 3.06 bits per heavy atom. The van der Waals surface area contributed by atoms with Crippen molar-refractivity contribution in [2.75, 3.05) is 31.3 Å². The molecule has 0 bridgehead atoms. The summed E-state index contributed by atoms with van der Waals surface area (Å²) in [7, 11) is 1.59. The molecule has 0 aromatic carbocycles. The van der Waals surface area contributed by atoms with E-state index >= 15 is 0 Å². The van der Waals surface area contributed by atoms with Gasteiger partial charge in [-0.25, -0.2) is 4.98 Å². The highest BCUT2D eigenvalue weighted by molar-refractivity contribution is 5.85. The highest BCUT2D eigenvalue weighted by Gasteiger charge is 2.12. The van der Waals surface area contributed by atoms with E-state index < -0.39 is 0 Å². The van der Waals surface area contributed by atoms with Gasteiger partial charge >= 0.3 is 0 Å². The fourth-order valence-corrected chi connectivity index (χ4v) is 1.27. The predicted octanol–water partition coefficient (Wildman–Crippen LogP) is 0.227. The molecule has 1 aromatic heterocycles. The summed E-state index contributed by atoms with van der Waals surface area (Å²) in [4.78, 5) is 15.6. The zero-order valence-corrected chi connectivity index (χ0v) is 10.1. The molecular weight excluding hydrogens is 220 g/mol. The Hall–Kier alpha value is -1.82. The van der Waals surface area contributed by atoms with Crippen LogP contribution in [0.5, 0.6) is 0 Å². The van der Waals surface area contributed by atoms with Gasteiger partial charge in [-0.2, -0.15) is 0 Å². The van der Waals surface area contributed by atoms with Crippen LogP contribution in [0.15, 0.2) is 18.3 Å². The average molecular weight is 238 g/mol. The Kier molecular flexibility index (Phi) is 5.22. The van der Waals surface area contributed by atoms with E-state index in [0.29, 0.717) is 24.7 Å². The first-order chi connectivity index (χ1) is 8.15. The molecular formula is C11H18N4O2. The normalized spacial score (nSPS) is 11.9. The molecule has 0 fully saturated rings. The first-order valence-electron chi connectivity index (χ1n) is 5.39. The lowest BCUT2D eigenvalue weighted by atomic mass is 10.3. The van der Waals surface area contributed by atoms with Crippen LogP contribution >= 0.6 is 0 Å². The number of pyridine rings is 1. The molecule has 1 heterocycles. The van der Waals surface area contributed by atoms with Crippen LogP contribution in [0.25, 0.3) is 0 Å². The molecule has 4 N–H and O–H groups in total. The SMILES string of the molecule is COCCNC(=O)C(C)Nc1cccnc1N. The number of hydrogen-bond donors (Lipinski definition) is 3. The first kappa shape index (κ1) is 13.2. The maximum Gasteiger partial charge on any atom is 0.242 e. The van der Waals surface area contributed by atoms with Gasteiger partial charge in [-0.1, -0.05) is 0 Å². The van der Waals surface area contributed by atoms with Crippen LogP contribution in [-0.4, -0.2) is 37.2 Å². The van der Waals surface area contributed by atoms with Crippen molar-refractivity contribution in [3.63, 3.8) is 0 Å². The van der Waals surface area contributed by atoms with E-state index in [0.717, 1.165) is 0 Å². The topological polar surface area (TPSA) is 89.3 Å². The van der Waals surface area contributed by atoms with Crippen LogP contribution in [0, 0.1) is 0 Å². The monoisotopic (exact) mass is 238 g/mol. The molecule has 0 aliphatic carbocycles. The van der Waals surface area contributed by atoms with Crippen LogP contribution in [-0.2, 0) is 9.53 Å². The van der Waals surface area contributed by atoms with Crippen molar-refractivity contribution >= 4 is 17.4 Å². The summed E-state index contributed by atoms with van der Waals surface area (Å²) < 4.78 is 4.84. The van der Waals surface area contributed by atoms with Gasteiger partial charge in [0.25, 0.3) is 0 Å². The summed E-state index contributed by atoms with van der Waals surface area (Å²) in [6.45, 7) is 2.74. The number of nitrogens with zero attached hydrogens (tertiary/aromatic N) is 1. The van der Waals surface area contributed by atoms with E-state index in [1.54, 1.807) is 32.4 Å². The molecule has 17 heavy (non-hydrogen) atoms. The molecule has 1 amide bonds. The van der Waals surface area contributed by atoms with Crippen LogP contribution in [0.1, 0.15) is 6.92 Å². The van der Waals surface area contributed by atoms with Gasteiger partial charge in [-0.15, -0.1) is 0 Å². The number of anilines is 2. The lowest BCUT2D eigenvalue weighted by Crippen LogP contribution is -2.39. The molecule has 0 saturated heterocycles. The van der Waals surface area contributed by atoms with Gasteiger partial charge in [0.05, 0.1) is 12.3 Å². The molecule has 1 atom stereocenters. The smallest absolute Gasteiger partial charge is 0.242 e. The summed E-state index contributed by atoms with van der Waals surface area (Å²) in [5.41, 5.74) is 6.32. The Bertz CT molecular complexity index is 370. The van der Waals surface area contributed by atoms with Gasteiger partial charge in [0.1, 0.15) is 11.9 Å². The minimum Gasteiger partial charge on any atom is -0.383 e. The first-order valence-corrected chi connectivity index (χ1v) is 5.39. The van der Waals surface area contributed by atoms with Gasteiger partial charge < -0.3 is 21.1 Å². The van der Waals surface area contributed by atoms with Gasteiger partial charge in [0, 0.05) is 19.9 Å². The number of nitrogens with two attached hydrogens (primary N) is 1. The van der Waals surface area contributed by atoms with E-state index in [9.17, 15) is 4.79 Å². The highest BCUT2D eigenvalue weighted by Crippen LogP contribution is 2.14. The summed E-state index contributed by atoms with van der Waals surface area (Å²) >= 11 is 0. The molecule has 1 rings (SSSR count). The Labute approximate surface area is 101 Å². The van der Waals surface area contributed by atoms with Crippen molar-refractivity contribution in [1.82, 2.24) is 10.3 Å². The third-order valence-electron chi connectivity index (χ3n) is 2.21. The van der Waals surface area contributed by atoms with Gasteiger partial charge in [0.15, 0.2) is 0 Å². The van der Waals surface area contributed by atoms with Crippen molar-refractivity contribution in [2.24, 2.45) is 0 Å². The number of hydrogen-bond acceptors (Lipinski definition) is 5. The predicted molar refractivity (Wildman–Crippen MR) is 66.6 cm³/mol. The number of methoxy groups -OCH3 is 1. The van der Waals surface area contributed by atoms with E-state index in [1.165, 1.54) is 0 Å². The quantitative estimate of drug-likeness (QED) is 0.617. The lowest BCUT2D eigenvalue weighted by Gasteiger charge is -2.15. The second kappa shape index (κ2) is 6.70. The molecule has 6 nitrogen and oxygen atoms in total. The van der Waals surface area contributed by atoms with E-state index in [4.69, 9.17) is 10.5 Å². The fraction of sp³-hybridized carbons (Fsp3) is 0.455. The summed E-state index contributed by atoms with van der Waals surface area (Å²) in [6, 6.07) is 3.16. The summed E-state index contributed by atoms with van der Waals surface area (Å²) in [5.74, 6) is 0.273. The summed E-state index contributed by atoms with van der Waals surface area (Å²) in [5, 5.41) is 5.73. The van der Waals surface area contributed by atoms with Crippen LogP contribution in [0.4, 0.5) is 11.5 Å². The zero-order valence-electron chi connectivity index (χ0n) is 10.1. The number of nitrogens with one attached hydrogen (secondary N) is 2. The Morgan fingerprint density at radius 2 is 2.41 bits per heavy atom. The molecule has 94 valence electrons. The largest absolute Gasteiger partial charge is 0.383 e. The second-order valence-electron chi connectivity index (χ2n) is 3.59. The van der Waals surface area contributed by atoms with Gasteiger partial charge in [-0.3, -0.25) is 4.79 Å². The molecule has 0 saturated carbocycles.